The van der Waals surface area contributed by atoms with Gasteiger partial charge in [0.25, 0.3) is 0 Å². The smallest absolute Gasteiger partial charge is 0.00180 e. The van der Waals surface area contributed by atoms with Gasteiger partial charge in [0.2, 0.25) is 0 Å². The van der Waals surface area contributed by atoms with Gasteiger partial charge in [-0.05, 0) is 69.6 Å². The molecule has 1 heterocycles. The first-order valence-corrected chi connectivity index (χ1v) is 7.27. The summed E-state index contributed by atoms with van der Waals surface area (Å²) in [5.41, 5.74) is 0. The number of hydrogen-bond donors (Lipinski definition) is 2. The van der Waals surface area contributed by atoms with Crippen molar-refractivity contribution in [3.8, 4) is 0 Å². The maximum Gasteiger partial charge on any atom is -0.00180 e. The summed E-state index contributed by atoms with van der Waals surface area (Å²) in [5.74, 6) is 2.90. The maximum absolute atomic E-state index is 3.61. The Morgan fingerprint density at radius 3 is 2.81 bits per heavy atom. The van der Waals surface area contributed by atoms with E-state index in [1.165, 1.54) is 64.7 Å². The highest BCUT2D eigenvalue weighted by molar-refractivity contribution is 4.75. The van der Waals surface area contributed by atoms with E-state index in [9.17, 15) is 0 Å². The van der Waals surface area contributed by atoms with E-state index in [4.69, 9.17) is 0 Å². The molecule has 2 rings (SSSR count). The van der Waals surface area contributed by atoms with Gasteiger partial charge in [0, 0.05) is 0 Å². The molecule has 16 heavy (non-hydrogen) atoms. The molecule has 0 bridgehead atoms. The van der Waals surface area contributed by atoms with Gasteiger partial charge in [-0.1, -0.05) is 19.8 Å². The zero-order chi connectivity index (χ0) is 11.2. The van der Waals surface area contributed by atoms with Crippen molar-refractivity contribution in [1.82, 2.24) is 10.6 Å². The van der Waals surface area contributed by atoms with E-state index in [0.29, 0.717) is 0 Å². The molecular weight excluding hydrogens is 196 g/mol. The summed E-state index contributed by atoms with van der Waals surface area (Å²) in [5, 5.41) is 7.13. The Balaban J connectivity index is 1.47. The van der Waals surface area contributed by atoms with E-state index in [2.05, 4.69) is 17.6 Å². The number of piperidine rings is 1. The van der Waals surface area contributed by atoms with Crippen LogP contribution < -0.4 is 10.6 Å². The fraction of sp³-hybridized carbons (Fsp3) is 1.00. The molecule has 2 atom stereocenters. The molecule has 0 aromatic carbocycles. The summed E-state index contributed by atoms with van der Waals surface area (Å²) in [6, 6.07) is 0. The van der Waals surface area contributed by atoms with Crippen molar-refractivity contribution in [3.63, 3.8) is 0 Å². The molecule has 94 valence electrons. The lowest BCUT2D eigenvalue weighted by Crippen LogP contribution is -2.34. The molecule has 2 nitrogen and oxygen atoms in total. The summed E-state index contributed by atoms with van der Waals surface area (Å²) in [4.78, 5) is 0. The van der Waals surface area contributed by atoms with Crippen molar-refractivity contribution in [2.24, 2.45) is 17.8 Å². The van der Waals surface area contributed by atoms with Gasteiger partial charge in [-0.25, -0.2) is 0 Å². The van der Waals surface area contributed by atoms with Crippen LogP contribution in [-0.2, 0) is 0 Å². The zero-order valence-corrected chi connectivity index (χ0v) is 10.8. The van der Waals surface area contributed by atoms with Crippen molar-refractivity contribution in [2.45, 2.75) is 45.4 Å². The third-order valence-electron chi connectivity index (χ3n) is 4.34. The Kier molecular flexibility index (Phi) is 5.11. The molecule has 1 saturated carbocycles. The lowest BCUT2D eigenvalue weighted by Gasteiger charge is -2.28. The van der Waals surface area contributed by atoms with Crippen LogP contribution in [0.1, 0.15) is 45.4 Å². The normalized spacial score (nSPS) is 27.9. The van der Waals surface area contributed by atoms with Crippen molar-refractivity contribution >= 4 is 0 Å². The molecule has 0 spiro atoms. The van der Waals surface area contributed by atoms with E-state index in [1.807, 2.05) is 0 Å². The number of rotatable bonds is 7. The van der Waals surface area contributed by atoms with Gasteiger partial charge in [0.05, 0.1) is 0 Å². The van der Waals surface area contributed by atoms with Crippen LogP contribution >= 0.6 is 0 Å². The van der Waals surface area contributed by atoms with Crippen LogP contribution in [0.25, 0.3) is 0 Å². The average molecular weight is 224 g/mol. The monoisotopic (exact) mass is 224 g/mol. The molecule has 0 amide bonds. The van der Waals surface area contributed by atoms with Crippen LogP contribution in [0.15, 0.2) is 0 Å². The molecule has 0 radical (unpaired) electrons. The molecule has 2 heteroatoms. The van der Waals surface area contributed by atoms with Crippen LogP contribution in [0.2, 0.25) is 0 Å². The first-order valence-electron chi connectivity index (χ1n) is 7.27. The van der Waals surface area contributed by atoms with Crippen LogP contribution in [0.5, 0.6) is 0 Å². The van der Waals surface area contributed by atoms with Crippen LogP contribution in [0, 0.1) is 17.8 Å². The summed E-state index contributed by atoms with van der Waals surface area (Å²) >= 11 is 0. The number of nitrogens with one attached hydrogen (secondary N) is 2. The van der Waals surface area contributed by atoms with E-state index in [0.717, 1.165) is 17.8 Å². The Morgan fingerprint density at radius 2 is 2.12 bits per heavy atom. The largest absolute Gasteiger partial charge is 0.317 e. The first kappa shape index (κ1) is 12.4. The molecule has 2 N–H and O–H groups in total. The summed E-state index contributed by atoms with van der Waals surface area (Å²) in [6.07, 6.45) is 8.58. The van der Waals surface area contributed by atoms with E-state index in [-0.39, 0.29) is 0 Å². The van der Waals surface area contributed by atoms with Gasteiger partial charge in [0.1, 0.15) is 0 Å². The molecule has 2 aliphatic rings. The Bertz CT molecular complexity index is 183. The minimum atomic E-state index is 0.890. The van der Waals surface area contributed by atoms with Gasteiger partial charge >= 0.3 is 0 Å². The summed E-state index contributed by atoms with van der Waals surface area (Å²) in [7, 11) is 0. The Labute approximate surface area is 101 Å². The fourth-order valence-electron chi connectivity index (χ4n) is 2.77. The highest BCUT2D eigenvalue weighted by Crippen LogP contribution is 2.31. The van der Waals surface area contributed by atoms with Gasteiger partial charge < -0.3 is 10.6 Å². The Morgan fingerprint density at radius 1 is 1.25 bits per heavy atom. The topological polar surface area (TPSA) is 24.1 Å². The molecule has 0 aromatic rings. The lowest BCUT2D eigenvalue weighted by atomic mass is 9.85. The molecular formula is C14H28N2. The van der Waals surface area contributed by atoms with E-state index >= 15 is 0 Å². The van der Waals surface area contributed by atoms with Crippen molar-refractivity contribution < 1.29 is 0 Å². The predicted octanol–water partition coefficient (Wildman–Crippen LogP) is 2.40. The van der Waals surface area contributed by atoms with Crippen molar-refractivity contribution in [3.05, 3.63) is 0 Å². The predicted molar refractivity (Wildman–Crippen MR) is 69.6 cm³/mol. The minimum Gasteiger partial charge on any atom is -0.317 e. The average Bonchev–Trinajstić information content (AvgIpc) is 3.13. The van der Waals surface area contributed by atoms with Crippen molar-refractivity contribution in [2.75, 3.05) is 26.2 Å². The van der Waals surface area contributed by atoms with E-state index < -0.39 is 0 Å². The third kappa shape index (κ3) is 4.42. The first-order chi connectivity index (χ1) is 7.86. The molecule has 2 unspecified atom stereocenters. The van der Waals surface area contributed by atoms with Crippen molar-refractivity contribution in [1.29, 1.82) is 0 Å². The number of hydrogen-bond acceptors (Lipinski definition) is 2. The molecule has 0 aromatic heterocycles. The second kappa shape index (κ2) is 6.61. The van der Waals surface area contributed by atoms with Gasteiger partial charge in [-0.2, -0.15) is 0 Å². The second-order valence-electron chi connectivity index (χ2n) is 5.85. The molecule has 2 fully saturated rings. The van der Waals surface area contributed by atoms with Gasteiger partial charge in [0.15, 0.2) is 0 Å². The SMILES string of the molecule is CC(CCNCCC1CC1)C1CCCNC1. The van der Waals surface area contributed by atoms with Gasteiger partial charge in [-0.15, -0.1) is 0 Å². The van der Waals surface area contributed by atoms with Gasteiger partial charge in [-0.3, -0.25) is 0 Å². The Hall–Kier alpha value is -0.0800. The second-order valence-corrected chi connectivity index (χ2v) is 5.85. The maximum atomic E-state index is 3.61. The highest BCUT2D eigenvalue weighted by atomic mass is 14.9. The third-order valence-corrected chi connectivity index (χ3v) is 4.34. The minimum absolute atomic E-state index is 0.890. The fourth-order valence-corrected chi connectivity index (χ4v) is 2.77. The molecule has 1 saturated heterocycles. The van der Waals surface area contributed by atoms with Crippen LogP contribution in [0.4, 0.5) is 0 Å². The molecule has 1 aliphatic heterocycles. The van der Waals surface area contributed by atoms with Crippen LogP contribution in [0.3, 0.4) is 0 Å². The summed E-state index contributed by atoms with van der Waals surface area (Å²) < 4.78 is 0. The van der Waals surface area contributed by atoms with E-state index in [1.54, 1.807) is 0 Å². The summed E-state index contributed by atoms with van der Waals surface area (Å²) in [6.45, 7) is 7.40. The zero-order valence-electron chi connectivity index (χ0n) is 10.8. The lowest BCUT2D eigenvalue weighted by molar-refractivity contribution is 0.266. The molecule has 1 aliphatic carbocycles. The van der Waals surface area contributed by atoms with Crippen LogP contribution in [-0.4, -0.2) is 26.2 Å². The quantitative estimate of drug-likeness (QED) is 0.649. The highest BCUT2D eigenvalue weighted by Gasteiger charge is 2.21. The standard InChI is InChI=1S/C14H28N2/c1-12(14-3-2-8-16-11-14)6-9-15-10-7-13-4-5-13/h12-16H,2-11H2,1H3.